The first-order chi connectivity index (χ1) is 14.3. The number of imidazole rings is 1. The Morgan fingerprint density at radius 3 is 2.63 bits per heavy atom. The lowest BCUT2D eigenvalue weighted by Crippen LogP contribution is -2.47. The number of rotatable bonds is 6. The van der Waals surface area contributed by atoms with Gasteiger partial charge in [-0.05, 0) is 44.7 Å². The fraction of sp³-hybridized carbons (Fsp3) is 0.545. The van der Waals surface area contributed by atoms with Crippen LogP contribution in [0, 0.1) is 13.8 Å². The van der Waals surface area contributed by atoms with Gasteiger partial charge in [-0.15, -0.1) is 0 Å². The summed E-state index contributed by atoms with van der Waals surface area (Å²) in [6, 6.07) is 6.29. The molecule has 1 aliphatic carbocycles. The fourth-order valence-corrected chi connectivity index (χ4v) is 7.29. The van der Waals surface area contributed by atoms with E-state index in [1.54, 1.807) is 6.20 Å². The summed E-state index contributed by atoms with van der Waals surface area (Å²) in [7, 11) is -3.03. The molecule has 2 aliphatic rings. The maximum atomic E-state index is 13.3. The van der Waals surface area contributed by atoms with Crippen molar-refractivity contribution in [2.45, 2.75) is 63.2 Å². The molecule has 6 nitrogen and oxygen atoms in total. The van der Waals surface area contributed by atoms with Crippen molar-refractivity contribution >= 4 is 27.5 Å². The van der Waals surface area contributed by atoms with E-state index in [2.05, 4.69) is 37.0 Å². The predicted molar refractivity (Wildman–Crippen MR) is 120 cm³/mol. The van der Waals surface area contributed by atoms with Crippen molar-refractivity contribution < 1.29 is 13.2 Å². The molecule has 8 heteroatoms. The van der Waals surface area contributed by atoms with Crippen molar-refractivity contribution in [2.24, 2.45) is 0 Å². The molecular formula is C22H29N3O3S2. The minimum absolute atomic E-state index is 0.0316. The topological polar surface area (TPSA) is 72.3 Å². The molecule has 1 aliphatic heterocycles. The first-order valence-corrected chi connectivity index (χ1v) is 13.4. The molecule has 0 radical (unpaired) electrons. The number of aromatic nitrogens is 2. The molecule has 1 saturated heterocycles. The number of carbonyl (C=O) groups excluding carboxylic acids is 1. The Morgan fingerprint density at radius 2 is 1.97 bits per heavy atom. The van der Waals surface area contributed by atoms with Crippen molar-refractivity contribution in [2.75, 3.05) is 17.3 Å². The van der Waals surface area contributed by atoms with Gasteiger partial charge in [-0.2, -0.15) is 0 Å². The summed E-state index contributed by atoms with van der Waals surface area (Å²) in [5.41, 5.74) is 3.42. The second-order valence-corrected chi connectivity index (χ2v) is 11.6. The molecule has 1 saturated carbocycles. The number of hydrogen-bond acceptors (Lipinski definition) is 5. The molecule has 1 aromatic heterocycles. The highest BCUT2D eigenvalue weighted by Crippen LogP contribution is 2.31. The number of benzene rings is 1. The summed E-state index contributed by atoms with van der Waals surface area (Å²) in [6.07, 6.45) is 8.41. The molecule has 162 valence electrons. The number of nitrogens with zero attached hydrogens (tertiary/aromatic N) is 3. The van der Waals surface area contributed by atoms with Gasteiger partial charge < -0.3 is 4.90 Å². The van der Waals surface area contributed by atoms with Crippen LogP contribution < -0.4 is 0 Å². The Bertz CT molecular complexity index is 1030. The van der Waals surface area contributed by atoms with Gasteiger partial charge in [0.1, 0.15) is 0 Å². The van der Waals surface area contributed by atoms with E-state index in [0.29, 0.717) is 6.42 Å². The Balaban J connectivity index is 1.50. The number of hydrogen-bond donors (Lipinski definition) is 0. The minimum Gasteiger partial charge on any atom is -0.335 e. The van der Waals surface area contributed by atoms with Crippen LogP contribution in [0.5, 0.6) is 0 Å². The molecule has 2 heterocycles. The summed E-state index contributed by atoms with van der Waals surface area (Å²) < 4.78 is 26.1. The maximum absolute atomic E-state index is 13.3. The highest BCUT2D eigenvalue weighted by Gasteiger charge is 2.38. The van der Waals surface area contributed by atoms with Crippen molar-refractivity contribution in [1.82, 2.24) is 14.5 Å². The number of amides is 1. The first kappa shape index (κ1) is 21.4. The standard InChI is InChI=1S/C22H29N3O3S2/c1-16-7-8-20(17(2)13-16)24-11-10-23-22(24)29-14-21(26)25(18-5-3-4-6-18)19-9-12-30(27,28)15-19/h7-8,10-11,13,18-19H,3-6,9,12,14-15H2,1-2H3/t19-/m1/s1. The molecule has 0 N–H and O–H groups in total. The summed E-state index contributed by atoms with van der Waals surface area (Å²) in [5, 5.41) is 0.778. The van der Waals surface area contributed by atoms with Crippen molar-refractivity contribution in [3.8, 4) is 5.69 Å². The second kappa shape index (κ2) is 8.75. The van der Waals surface area contributed by atoms with Gasteiger partial charge in [0.2, 0.25) is 5.91 Å². The van der Waals surface area contributed by atoms with Gasteiger partial charge in [-0.25, -0.2) is 13.4 Å². The van der Waals surface area contributed by atoms with Gasteiger partial charge in [0.05, 0.1) is 22.9 Å². The third kappa shape index (κ3) is 4.59. The van der Waals surface area contributed by atoms with Crippen LogP contribution in [0.2, 0.25) is 0 Å². The highest BCUT2D eigenvalue weighted by molar-refractivity contribution is 7.99. The molecule has 4 rings (SSSR count). The molecule has 2 fully saturated rings. The van der Waals surface area contributed by atoms with Crippen molar-refractivity contribution in [1.29, 1.82) is 0 Å². The number of sulfone groups is 1. The zero-order chi connectivity index (χ0) is 21.3. The smallest absolute Gasteiger partial charge is 0.233 e. The highest BCUT2D eigenvalue weighted by atomic mass is 32.2. The minimum atomic E-state index is -3.03. The molecule has 0 unspecified atom stereocenters. The molecule has 0 spiro atoms. The Labute approximate surface area is 183 Å². The van der Waals surface area contributed by atoms with E-state index in [0.717, 1.165) is 42.1 Å². The van der Waals surface area contributed by atoms with Gasteiger partial charge in [0.25, 0.3) is 0 Å². The van der Waals surface area contributed by atoms with E-state index >= 15 is 0 Å². The largest absolute Gasteiger partial charge is 0.335 e. The van der Waals surface area contributed by atoms with Crippen molar-refractivity contribution in [3.05, 3.63) is 41.7 Å². The van der Waals surface area contributed by atoms with E-state index in [-0.39, 0.29) is 35.2 Å². The molecule has 30 heavy (non-hydrogen) atoms. The van der Waals surface area contributed by atoms with E-state index in [4.69, 9.17) is 0 Å². The van der Waals surface area contributed by atoms with Gasteiger partial charge in [0.15, 0.2) is 15.0 Å². The molecule has 1 atom stereocenters. The van der Waals surface area contributed by atoms with E-state index in [9.17, 15) is 13.2 Å². The summed E-state index contributed by atoms with van der Waals surface area (Å²) in [5.74, 6) is 0.606. The zero-order valence-electron chi connectivity index (χ0n) is 17.6. The lowest BCUT2D eigenvalue weighted by atomic mass is 10.1. The molecule has 1 amide bonds. The summed E-state index contributed by atoms with van der Waals surface area (Å²) in [4.78, 5) is 19.6. The van der Waals surface area contributed by atoms with Gasteiger partial charge in [0, 0.05) is 24.5 Å². The van der Waals surface area contributed by atoms with Crippen LogP contribution in [0.15, 0.2) is 35.7 Å². The molecule has 0 bridgehead atoms. The maximum Gasteiger partial charge on any atom is 0.233 e. The molecule has 1 aromatic carbocycles. The van der Waals surface area contributed by atoms with Gasteiger partial charge >= 0.3 is 0 Å². The Kier molecular flexibility index (Phi) is 6.25. The first-order valence-electron chi connectivity index (χ1n) is 10.6. The van der Waals surface area contributed by atoms with Crippen molar-refractivity contribution in [3.63, 3.8) is 0 Å². The summed E-state index contributed by atoms with van der Waals surface area (Å²) >= 11 is 1.43. The van der Waals surface area contributed by atoms with Crippen LogP contribution in [0.1, 0.15) is 43.2 Å². The normalized spacial score (nSPS) is 21.2. The average molecular weight is 448 g/mol. The third-order valence-electron chi connectivity index (χ3n) is 6.15. The van der Waals surface area contributed by atoms with Crippen LogP contribution in [-0.4, -0.2) is 58.1 Å². The SMILES string of the molecule is Cc1ccc(-n2ccnc2SCC(=O)N(C2CCCC2)[C@@H]2CCS(=O)(=O)C2)c(C)c1. The average Bonchev–Trinajstić information content (AvgIpc) is 3.42. The summed E-state index contributed by atoms with van der Waals surface area (Å²) in [6.45, 7) is 4.14. The molecule has 2 aromatic rings. The lowest BCUT2D eigenvalue weighted by Gasteiger charge is -2.34. The zero-order valence-corrected chi connectivity index (χ0v) is 19.2. The number of thioether (sulfide) groups is 1. The van der Waals surface area contributed by atoms with E-state index < -0.39 is 9.84 Å². The van der Waals surface area contributed by atoms with Gasteiger partial charge in [-0.1, -0.05) is 42.3 Å². The van der Waals surface area contributed by atoms with Crippen LogP contribution >= 0.6 is 11.8 Å². The van der Waals surface area contributed by atoms with Gasteiger partial charge in [-0.3, -0.25) is 9.36 Å². The Hall–Kier alpha value is -1.80. The number of aryl methyl sites for hydroxylation is 2. The van der Waals surface area contributed by atoms with Crippen LogP contribution in [0.3, 0.4) is 0 Å². The lowest BCUT2D eigenvalue weighted by molar-refractivity contribution is -0.132. The molecular weight excluding hydrogens is 418 g/mol. The monoisotopic (exact) mass is 447 g/mol. The van der Waals surface area contributed by atoms with Crippen LogP contribution in [0.25, 0.3) is 5.69 Å². The fourth-order valence-electron chi connectivity index (χ4n) is 4.74. The van der Waals surface area contributed by atoms with Crippen LogP contribution in [0.4, 0.5) is 0 Å². The predicted octanol–water partition coefficient (Wildman–Crippen LogP) is 3.54. The Morgan fingerprint density at radius 1 is 1.20 bits per heavy atom. The quantitative estimate of drug-likeness (QED) is 0.634. The second-order valence-electron chi connectivity index (χ2n) is 8.45. The number of carbonyl (C=O) groups is 1. The third-order valence-corrected chi connectivity index (χ3v) is 8.85. The van der Waals surface area contributed by atoms with E-state index in [1.165, 1.54) is 17.3 Å². The van der Waals surface area contributed by atoms with E-state index in [1.807, 2.05) is 15.7 Å². The van der Waals surface area contributed by atoms with Crippen LogP contribution in [-0.2, 0) is 14.6 Å².